The molecule has 0 aromatic heterocycles. The standard InChI is InChI=1S/C13H12N2O4S/c1-2-6-14-12(16)11(20-13(14)17)8-9-4-3-5-10(7-9)15(18)19/h3-5,7-8H,2,6H2,1H3/b11-8+. The van der Waals surface area contributed by atoms with Gasteiger partial charge in [-0.25, -0.2) is 0 Å². The second-order valence-corrected chi connectivity index (χ2v) is 5.18. The van der Waals surface area contributed by atoms with Gasteiger partial charge in [-0.2, -0.15) is 0 Å². The van der Waals surface area contributed by atoms with Gasteiger partial charge in [0.25, 0.3) is 16.8 Å². The molecule has 1 aliphatic heterocycles. The fourth-order valence-electron chi connectivity index (χ4n) is 1.80. The number of hydrogen-bond acceptors (Lipinski definition) is 5. The zero-order valence-electron chi connectivity index (χ0n) is 10.7. The average molecular weight is 292 g/mol. The summed E-state index contributed by atoms with van der Waals surface area (Å²) in [4.78, 5) is 35.4. The van der Waals surface area contributed by atoms with E-state index in [1.54, 1.807) is 12.1 Å². The largest absolute Gasteiger partial charge is 0.293 e. The molecule has 0 radical (unpaired) electrons. The van der Waals surface area contributed by atoms with Gasteiger partial charge in [-0.3, -0.25) is 24.6 Å². The summed E-state index contributed by atoms with van der Waals surface area (Å²) >= 11 is 0.860. The normalized spacial score (nSPS) is 17.1. The van der Waals surface area contributed by atoms with Crippen LogP contribution in [0.2, 0.25) is 0 Å². The number of nitro benzene ring substituents is 1. The van der Waals surface area contributed by atoms with Crippen molar-refractivity contribution < 1.29 is 14.5 Å². The maximum absolute atomic E-state index is 12.0. The average Bonchev–Trinajstić information content (AvgIpc) is 2.67. The van der Waals surface area contributed by atoms with Crippen molar-refractivity contribution >= 4 is 34.7 Å². The molecule has 2 amide bonds. The van der Waals surface area contributed by atoms with Gasteiger partial charge in [-0.15, -0.1) is 0 Å². The van der Waals surface area contributed by atoms with E-state index in [4.69, 9.17) is 0 Å². The molecule has 1 saturated heterocycles. The third-order valence-electron chi connectivity index (χ3n) is 2.70. The molecule has 0 aliphatic carbocycles. The van der Waals surface area contributed by atoms with Crippen molar-refractivity contribution in [2.24, 2.45) is 0 Å². The summed E-state index contributed by atoms with van der Waals surface area (Å²) in [5, 5.41) is 10.4. The van der Waals surface area contributed by atoms with Crippen molar-refractivity contribution in [3.8, 4) is 0 Å². The Balaban J connectivity index is 2.28. The first-order valence-corrected chi connectivity index (χ1v) is 6.84. The molecule has 7 heteroatoms. The predicted octanol–water partition coefficient (Wildman–Crippen LogP) is 3.04. The molecule has 1 heterocycles. The van der Waals surface area contributed by atoms with Crippen molar-refractivity contribution in [2.45, 2.75) is 13.3 Å². The summed E-state index contributed by atoms with van der Waals surface area (Å²) in [7, 11) is 0. The van der Waals surface area contributed by atoms with Crippen molar-refractivity contribution in [2.75, 3.05) is 6.54 Å². The van der Waals surface area contributed by atoms with E-state index < -0.39 is 4.92 Å². The molecular formula is C13H12N2O4S. The summed E-state index contributed by atoms with van der Waals surface area (Å²) in [6, 6.07) is 5.94. The smallest absolute Gasteiger partial charge is 0.268 e. The van der Waals surface area contributed by atoms with Crippen LogP contribution >= 0.6 is 11.8 Å². The molecule has 1 aromatic rings. The van der Waals surface area contributed by atoms with E-state index in [9.17, 15) is 19.7 Å². The Morgan fingerprint density at radius 3 is 2.80 bits per heavy atom. The van der Waals surface area contributed by atoms with E-state index in [-0.39, 0.29) is 16.8 Å². The van der Waals surface area contributed by atoms with E-state index in [1.807, 2.05) is 6.92 Å². The number of benzene rings is 1. The van der Waals surface area contributed by atoms with Crippen LogP contribution in [0.15, 0.2) is 29.2 Å². The summed E-state index contributed by atoms with van der Waals surface area (Å²) in [5.74, 6) is -0.339. The van der Waals surface area contributed by atoms with Crippen molar-refractivity contribution in [3.05, 3.63) is 44.8 Å². The lowest BCUT2D eigenvalue weighted by atomic mass is 10.2. The van der Waals surface area contributed by atoms with Gasteiger partial charge >= 0.3 is 0 Å². The van der Waals surface area contributed by atoms with Crippen molar-refractivity contribution in [3.63, 3.8) is 0 Å². The van der Waals surface area contributed by atoms with Gasteiger partial charge < -0.3 is 0 Å². The number of amides is 2. The molecule has 0 spiro atoms. The van der Waals surface area contributed by atoms with Crippen LogP contribution in [0.3, 0.4) is 0 Å². The Morgan fingerprint density at radius 2 is 2.15 bits per heavy atom. The van der Waals surface area contributed by atoms with Gasteiger partial charge in [-0.1, -0.05) is 19.1 Å². The highest BCUT2D eigenvalue weighted by molar-refractivity contribution is 8.18. The zero-order valence-corrected chi connectivity index (χ0v) is 11.6. The third kappa shape index (κ3) is 2.88. The number of rotatable bonds is 4. The molecule has 104 valence electrons. The van der Waals surface area contributed by atoms with E-state index >= 15 is 0 Å². The highest BCUT2D eigenvalue weighted by atomic mass is 32.2. The van der Waals surface area contributed by atoms with Gasteiger partial charge in [0, 0.05) is 18.7 Å². The quantitative estimate of drug-likeness (QED) is 0.484. The Kier molecular flexibility index (Phi) is 4.19. The Morgan fingerprint density at radius 1 is 1.40 bits per heavy atom. The number of thioether (sulfide) groups is 1. The maximum Gasteiger partial charge on any atom is 0.293 e. The Labute approximate surface area is 119 Å². The third-order valence-corrected chi connectivity index (χ3v) is 3.61. The van der Waals surface area contributed by atoms with Gasteiger partial charge in [0.1, 0.15) is 0 Å². The van der Waals surface area contributed by atoms with Crippen LogP contribution < -0.4 is 0 Å². The van der Waals surface area contributed by atoms with Crippen LogP contribution in [0.25, 0.3) is 6.08 Å². The highest BCUT2D eigenvalue weighted by Crippen LogP contribution is 2.32. The van der Waals surface area contributed by atoms with Gasteiger partial charge in [0.15, 0.2) is 0 Å². The highest BCUT2D eigenvalue weighted by Gasteiger charge is 2.34. The number of imide groups is 1. The van der Waals surface area contributed by atoms with E-state index in [0.29, 0.717) is 23.4 Å². The zero-order chi connectivity index (χ0) is 14.7. The number of carbonyl (C=O) groups is 2. The monoisotopic (exact) mass is 292 g/mol. The number of hydrogen-bond donors (Lipinski definition) is 0. The molecule has 0 saturated carbocycles. The van der Waals surface area contributed by atoms with Crippen molar-refractivity contribution in [1.29, 1.82) is 0 Å². The van der Waals surface area contributed by atoms with Crippen LogP contribution in [0.5, 0.6) is 0 Å². The van der Waals surface area contributed by atoms with E-state index in [1.165, 1.54) is 23.1 Å². The number of nitrogens with zero attached hydrogens (tertiary/aromatic N) is 2. The summed E-state index contributed by atoms with van der Waals surface area (Å²) in [6.45, 7) is 2.27. The lowest BCUT2D eigenvalue weighted by Crippen LogP contribution is -2.28. The molecule has 2 rings (SSSR count). The molecule has 0 bridgehead atoms. The molecule has 0 N–H and O–H groups in total. The fraction of sp³-hybridized carbons (Fsp3) is 0.231. The topological polar surface area (TPSA) is 80.5 Å². The SMILES string of the molecule is CCCN1C(=O)S/C(=C/c2cccc([N+](=O)[O-])c2)C1=O. The molecule has 1 fully saturated rings. The molecule has 0 unspecified atom stereocenters. The van der Waals surface area contributed by atoms with Crippen LogP contribution in [0, 0.1) is 10.1 Å². The molecule has 1 aromatic carbocycles. The van der Waals surface area contributed by atoms with Crippen LogP contribution in [0.4, 0.5) is 10.5 Å². The van der Waals surface area contributed by atoms with Gasteiger partial charge in [-0.05, 0) is 29.8 Å². The second-order valence-electron chi connectivity index (χ2n) is 4.19. The molecule has 1 aliphatic rings. The minimum Gasteiger partial charge on any atom is -0.268 e. The Hall–Kier alpha value is -2.15. The summed E-state index contributed by atoms with van der Waals surface area (Å²) in [5.41, 5.74) is 0.479. The van der Waals surface area contributed by atoms with E-state index in [0.717, 1.165) is 11.8 Å². The Bertz CT molecular complexity index is 612. The second kappa shape index (κ2) is 5.87. The van der Waals surface area contributed by atoms with Crippen molar-refractivity contribution in [1.82, 2.24) is 4.90 Å². The summed E-state index contributed by atoms with van der Waals surface area (Å²) in [6.07, 6.45) is 2.20. The van der Waals surface area contributed by atoms with Crippen LogP contribution in [-0.4, -0.2) is 27.5 Å². The van der Waals surface area contributed by atoms with Gasteiger partial charge in [0.05, 0.1) is 9.83 Å². The molecule has 0 atom stereocenters. The maximum atomic E-state index is 12.0. The van der Waals surface area contributed by atoms with Crippen LogP contribution in [-0.2, 0) is 4.79 Å². The van der Waals surface area contributed by atoms with E-state index in [2.05, 4.69) is 0 Å². The van der Waals surface area contributed by atoms with Gasteiger partial charge in [0.2, 0.25) is 0 Å². The van der Waals surface area contributed by atoms with Crippen LogP contribution in [0.1, 0.15) is 18.9 Å². The number of carbonyl (C=O) groups excluding carboxylic acids is 2. The lowest BCUT2D eigenvalue weighted by molar-refractivity contribution is -0.384. The molecular weight excluding hydrogens is 280 g/mol. The number of non-ortho nitro benzene ring substituents is 1. The summed E-state index contributed by atoms with van der Waals surface area (Å²) < 4.78 is 0. The molecule has 20 heavy (non-hydrogen) atoms. The predicted molar refractivity (Wildman–Crippen MR) is 76.1 cm³/mol. The first-order chi connectivity index (χ1) is 9.52. The minimum atomic E-state index is -0.500. The first kappa shape index (κ1) is 14.3. The molecule has 6 nitrogen and oxygen atoms in total. The minimum absolute atomic E-state index is 0.0495. The first-order valence-electron chi connectivity index (χ1n) is 6.02. The number of nitro groups is 1. The lowest BCUT2D eigenvalue weighted by Gasteiger charge is -2.09. The fourth-order valence-corrected chi connectivity index (χ4v) is 2.66.